The predicted molar refractivity (Wildman–Crippen MR) is 131 cm³/mol. The number of hydrogen-bond acceptors (Lipinski definition) is 4. The molecule has 0 fully saturated rings. The van der Waals surface area contributed by atoms with Crippen molar-refractivity contribution in [3.63, 3.8) is 0 Å². The van der Waals surface area contributed by atoms with Crippen LogP contribution >= 0.6 is 15.9 Å². The fourth-order valence-corrected chi connectivity index (χ4v) is 5.53. The van der Waals surface area contributed by atoms with E-state index in [0.717, 1.165) is 14.3 Å². The smallest absolute Gasteiger partial charge is 0.268 e. The molecule has 0 atom stereocenters. The highest BCUT2D eigenvalue weighted by molar-refractivity contribution is 9.10. The number of amides is 1. The molecule has 1 aromatic heterocycles. The van der Waals surface area contributed by atoms with Crippen LogP contribution in [0.4, 0.5) is 11.4 Å². The van der Waals surface area contributed by atoms with Gasteiger partial charge in [0, 0.05) is 17.2 Å². The monoisotopic (exact) mass is 518 g/mol. The van der Waals surface area contributed by atoms with Crippen molar-refractivity contribution in [3.8, 4) is 0 Å². The van der Waals surface area contributed by atoms with Crippen LogP contribution in [0.25, 0.3) is 0 Å². The number of aromatic nitrogens is 2. The fourth-order valence-electron chi connectivity index (χ4n) is 3.44. The van der Waals surface area contributed by atoms with Crippen LogP contribution in [0.5, 0.6) is 0 Å². The third-order valence-corrected chi connectivity index (χ3v) is 7.81. The maximum absolute atomic E-state index is 13.7. The van der Waals surface area contributed by atoms with E-state index in [1.807, 2.05) is 12.1 Å². The number of nitrogens with one attached hydrogen (secondary N) is 1. The Bertz CT molecular complexity index is 1220. The van der Waals surface area contributed by atoms with E-state index in [2.05, 4.69) is 40.2 Å². The molecule has 1 heterocycles. The second kappa shape index (κ2) is 9.46. The summed E-state index contributed by atoms with van der Waals surface area (Å²) in [6.07, 6.45) is 0. The van der Waals surface area contributed by atoms with Gasteiger partial charge in [-0.15, -0.1) is 0 Å². The van der Waals surface area contributed by atoms with Gasteiger partial charge < -0.3 is 5.32 Å². The molecule has 3 aromatic rings. The first-order valence-electron chi connectivity index (χ1n) is 10.2. The molecular weight excluding hydrogens is 492 g/mol. The molecule has 32 heavy (non-hydrogen) atoms. The Morgan fingerprint density at radius 3 is 2.19 bits per heavy atom. The first-order valence-corrected chi connectivity index (χ1v) is 12.4. The van der Waals surface area contributed by atoms with Crippen LogP contribution in [0.1, 0.15) is 36.7 Å². The van der Waals surface area contributed by atoms with Crippen LogP contribution in [-0.2, 0) is 21.9 Å². The van der Waals surface area contributed by atoms with Crippen molar-refractivity contribution in [2.75, 3.05) is 16.2 Å². The number of hydrogen-bond donors (Lipinski definition) is 1. The molecule has 0 radical (unpaired) electrons. The summed E-state index contributed by atoms with van der Waals surface area (Å²) in [4.78, 5) is 13.0. The predicted octanol–water partition coefficient (Wildman–Crippen LogP) is 4.76. The molecule has 0 aliphatic carbocycles. The van der Waals surface area contributed by atoms with Crippen molar-refractivity contribution >= 4 is 43.2 Å². The Morgan fingerprint density at radius 2 is 1.69 bits per heavy atom. The van der Waals surface area contributed by atoms with Crippen LogP contribution in [-0.4, -0.2) is 30.7 Å². The summed E-state index contributed by atoms with van der Waals surface area (Å²) in [5, 5.41) is 7.02. The van der Waals surface area contributed by atoms with Crippen molar-refractivity contribution in [2.45, 2.75) is 38.5 Å². The average molecular weight is 519 g/mol. The summed E-state index contributed by atoms with van der Waals surface area (Å²) >= 11 is 3.36. The molecule has 9 heteroatoms. The summed E-state index contributed by atoms with van der Waals surface area (Å²) < 4.78 is 31.0. The molecule has 0 unspecified atom stereocenters. The molecule has 0 spiro atoms. The molecule has 0 saturated heterocycles. The Balaban J connectivity index is 2.00. The van der Waals surface area contributed by atoms with Crippen LogP contribution in [0.15, 0.2) is 57.9 Å². The number of carbonyl (C=O) groups excluding carboxylic acids is 1. The molecular formula is C23H27BrN4O3S. The standard InChI is InChI=1S/C23H27BrN4O3S/c1-15(2)18-6-12-21(13-7-18)28(14-22(29)25-20-10-8-19(24)9-11-20)32(30,31)23-16(3)26-27(5)17(23)4/h6-13,15H,14H2,1-5H3,(H,25,29). The van der Waals surface area contributed by atoms with Crippen LogP contribution in [0.2, 0.25) is 0 Å². The zero-order valence-corrected chi connectivity index (χ0v) is 21.2. The topological polar surface area (TPSA) is 84.3 Å². The average Bonchev–Trinajstić information content (AvgIpc) is 3.00. The summed E-state index contributed by atoms with van der Waals surface area (Å²) in [5.41, 5.74) is 2.99. The summed E-state index contributed by atoms with van der Waals surface area (Å²) in [6, 6.07) is 14.3. The summed E-state index contributed by atoms with van der Waals surface area (Å²) in [6.45, 7) is 7.12. The highest BCUT2D eigenvalue weighted by atomic mass is 79.9. The number of halogens is 1. The largest absolute Gasteiger partial charge is 0.325 e. The lowest BCUT2D eigenvalue weighted by Gasteiger charge is -2.24. The number of aryl methyl sites for hydroxylation is 2. The Hall–Kier alpha value is -2.65. The van der Waals surface area contributed by atoms with Gasteiger partial charge in [-0.25, -0.2) is 8.42 Å². The van der Waals surface area contributed by atoms with Crippen LogP contribution in [0, 0.1) is 13.8 Å². The lowest BCUT2D eigenvalue weighted by molar-refractivity contribution is -0.114. The Morgan fingerprint density at radius 1 is 1.09 bits per heavy atom. The second-order valence-electron chi connectivity index (χ2n) is 7.94. The van der Waals surface area contributed by atoms with E-state index in [4.69, 9.17) is 0 Å². The minimum atomic E-state index is -4.04. The number of benzene rings is 2. The van der Waals surface area contributed by atoms with Gasteiger partial charge in [0.1, 0.15) is 11.4 Å². The van der Waals surface area contributed by atoms with Crippen molar-refractivity contribution < 1.29 is 13.2 Å². The zero-order chi connectivity index (χ0) is 23.6. The van der Waals surface area contributed by atoms with Gasteiger partial charge in [-0.05, 0) is 61.7 Å². The molecule has 0 saturated carbocycles. The minimum absolute atomic E-state index is 0.115. The van der Waals surface area contributed by atoms with Gasteiger partial charge in [-0.3, -0.25) is 13.8 Å². The van der Waals surface area contributed by atoms with Gasteiger partial charge >= 0.3 is 0 Å². The summed E-state index contributed by atoms with van der Waals surface area (Å²) in [7, 11) is -2.34. The lowest BCUT2D eigenvalue weighted by atomic mass is 10.0. The third kappa shape index (κ3) is 5.05. The third-order valence-electron chi connectivity index (χ3n) is 5.25. The SMILES string of the molecule is Cc1nn(C)c(C)c1S(=O)(=O)N(CC(=O)Nc1ccc(Br)cc1)c1ccc(C(C)C)cc1. The second-order valence-corrected chi connectivity index (χ2v) is 10.7. The van der Waals surface area contributed by atoms with Gasteiger partial charge in [0.25, 0.3) is 10.0 Å². The molecule has 1 amide bonds. The number of anilines is 2. The number of carbonyl (C=O) groups is 1. The maximum atomic E-state index is 13.7. The normalized spacial score (nSPS) is 11.6. The van der Waals surface area contributed by atoms with Gasteiger partial charge in [-0.2, -0.15) is 5.10 Å². The minimum Gasteiger partial charge on any atom is -0.325 e. The lowest BCUT2D eigenvalue weighted by Crippen LogP contribution is -2.38. The van der Waals surface area contributed by atoms with E-state index >= 15 is 0 Å². The van der Waals surface area contributed by atoms with E-state index in [0.29, 0.717) is 28.7 Å². The number of sulfonamides is 1. The van der Waals surface area contributed by atoms with E-state index in [9.17, 15) is 13.2 Å². The molecule has 1 N–H and O–H groups in total. The number of rotatable bonds is 7. The molecule has 0 aliphatic rings. The van der Waals surface area contributed by atoms with Crippen molar-refractivity contribution in [1.82, 2.24) is 9.78 Å². The van der Waals surface area contributed by atoms with Gasteiger partial charge in [-0.1, -0.05) is 41.9 Å². The van der Waals surface area contributed by atoms with Crippen LogP contribution < -0.4 is 9.62 Å². The first-order chi connectivity index (χ1) is 15.0. The van der Waals surface area contributed by atoms with E-state index in [1.165, 1.54) is 4.68 Å². The molecule has 0 bridgehead atoms. The van der Waals surface area contributed by atoms with E-state index < -0.39 is 15.9 Å². The quantitative estimate of drug-likeness (QED) is 0.488. The van der Waals surface area contributed by atoms with Crippen LogP contribution in [0.3, 0.4) is 0 Å². The van der Waals surface area contributed by atoms with Crippen molar-refractivity contribution in [2.24, 2.45) is 7.05 Å². The van der Waals surface area contributed by atoms with Gasteiger partial charge in [0.2, 0.25) is 5.91 Å². The highest BCUT2D eigenvalue weighted by Crippen LogP contribution is 2.29. The molecule has 0 aliphatic heterocycles. The highest BCUT2D eigenvalue weighted by Gasteiger charge is 2.32. The molecule has 7 nitrogen and oxygen atoms in total. The van der Waals surface area contributed by atoms with Crippen molar-refractivity contribution in [1.29, 1.82) is 0 Å². The van der Waals surface area contributed by atoms with Crippen molar-refractivity contribution in [3.05, 3.63) is 70.0 Å². The fraction of sp³-hybridized carbons (Fsp3) is 0.304. The van der Waals surface area contributed by atoms with Gasteiger partial charge in [0.15, 0.2) is 0 Å². The Kier molecular flexibility index (Phi) is 7.09. The van der Waals surface area contributed by atoms with E-state index in [-0.39, 0.29) is 11.4 Å². The zero-order valence-electron chi connectivity index (χ0n) is 18.8. The molecule has 170 valence electrons. The number of nitrogens with zero attached hydrogens (tertiary/aromatic N) is 3. The van der Waals surface area contributed by atoms with Gasteiger partial charge in [0.05, 0.1) is 17.1 Å². The van der Waals surface area contributed by atoms with E-state index in [1.54, 1.807) is 57.3 Å². The Labute approximate surface area is 197 Å². The molecule has 2 aromatic carbocycles. The summed E-state index contributed by atoms with van der Waals surface area (Å²) in [5.74, 6) is -0.138. The molecule has 3 rings (SSSR count). The first kappa shape index (κ1) is 24.0. The maximum Gasteiger partial charge on any atom is 0.268 e.